The molecule has 20 heavy (non-hydrogen) atoms. The van der Waals surface area contributed by atoms with Crippen LogP contribution in [-0.4, -0.2) is 5.84 Å². The summed E-state index contributed by atoms with van der Waals surface area (Å²) in [5.41, 5.74) is 9.05. The molecule has 104 valence electrons. The van der Waals surface area contributed by atoms with Gasteiger partial charge in [-0.3, -0.25) is 5.41 Å². The van der Waals surface area contributed by atoms with E-state index in [1.807, 2.05) is 45.0 Å². The van der Waals surface area contributed by atoms with Crippen molar-refractivity contribution in [1.29, 1.82) is 5.41 Å². The van der Waals surface area contributed by atoms with Crippen molar-refractivity contribution in [2.45, 2.75) is 20.8 Å². The van der Waals surface area contributed by atoms with Gasteiger partial charge in [0, 0.05) is 5.02 Å². The quantitative estimate of drug-likeness (QED) is 0.652. The average Bonchev–Trinajstić information content (AvgIpc) is 2.38. The van der Waals surface area contributed by atoms with Crippen LogP contribution < -0.4 is 10.5 Å². The molecule has 3 N–H and O–H groups in total. The van der Waals surface area contributed by atoms with E-state index in [0.29, 0.717) is 17.1 Å². The molecule has 0 fully saturated rings. The predicted octanol–water partition coefficient (Wildman–Crippen LogP) is 4.34. The lowest BCUT2D eigenvalue weighted by atomic mass is 10.1. The minimum Gasteiger partial charge on any atom is -0.456 e. The summed E-state index contributed by atoms with van der Waals surface area (Å²) in [5.74, 6) is 1.30. The zero-order valence-electron chi connectivity index (χ0n) is 11.8. The van der Waals surface area contributed by atoms with Gasteiger partial charge in [-0.2, -0.15) is 0 Å². The summed E-state index contributed by atoms with van der Waals surface area (Å²) in [4.78, 5) is 0. The number of amidine groups is 1. The van der Waals surface area contributed by atoms with Gasteiger partial charge < -0.3 is 10.5 Å². The van der Waals surface area contributed by atoms with Crippen molar-refractivity contribution >= 4 is 17.4 Å². The molecule has 0 radical (unpaired) electrons. The number of aryl methyl sites for hydroxylation is 3. The van der Waals surface area contributed by atoms with Gasteiger partial charge in [0.1, 0.15) is 17.3 Å². The van der Waals surface area contributed by atoms with Gasteiger partial charge in [0.15, 0.2) is 0 Å². The van der Waals surface area contributed by atoms with Gasteiger partial charge in [-0.1, -0.05) is 23.7 Å². The minimum atomic E-state index is -0.00823. The van der Waals surface area contributed by atoms with Gasteiger partial charge in [0.2, 0.25) is 0 Å². The van der Waals surface area contributed by atoms with Crippen molar-refractivity contribution < 1.29 is 4.74 Å². The molecule has 0 aliphatic rings. The summed E-state index contributed by atoms with van der Waals surface area (Å²) in [6.45, 7) is 5.80. The number of hydrogen-bond acceptors (Lipinski definition) is 2. The fourth-order valence-corrected chi connectivity index (χ4v) is 2.19. The molecule has 4 heteroatoms. The Kier molecular flexibility index (Phi) is 4.00. The summed E-state index contributed by atoms with van der Waals surface area (Å²) in [6.07, 6.45) is 0. The van der Waals surface area contributed by atoms with Gasteiger partial charge in [-0.15, -0.1) is 0 Å². The Morgan fingerprint density at radius 2 is 1.70 bits per heavy atom. The third-order valence-electron chi connectivity index (χ3n) is 3.13. The second-order valence-corrected chi connectivity index (χ2v) is 5.22. The van der Waals surface area contributed by atoms with Crippen LogP contribution in [0.2, 0.25) is 5.02 Å². The molecule has 0 aromatic heterocycles. The van der Waals surface area contributed by atoms with Crippen LogP contribution in [0.15, 0.2) is 30.3 Å². The normalized spacial score (nSPS) is 10.4. The fraction of sp³-hybridized carbons (Fsp3) is 0.188. The highest BCUT2D eigenvalue weighted by molar-refractivity contribution is 6.32. The van der Waals surface area contributed by atoms with E-state index >= 15 is 0 Å². The Labute approximate surface area is 123 Å². The topological polar surface area (TPSA) is 59.1 Å². The third kappa shape index (κ3) is 2.78. The van der Waals surface area contributed by atoms with Crippen LogP contribution in [0.3, 0.4) is 0 Å². The molecule has 0 saturated carbocycles. The molecular weight excluding hydrogens is 272 g/mol. The maximum absolute atomic E-state index is 7.63. The number of halogens is 1. The van der Waals surface area contributed by atoms with Gasteiger partial charge >= 0.3 is 0 Å². The Morgan fingerprint density at radius 1 is 1.10 bits per heavy atom. The molecule has 2 aromatic carbocycles. The Bertz CT molecular complexity index is 657. The molecule has 2 aromatic rings. The van der Waals surface area contributed by atoms with Gasteiger partial charge in [0.25, 0.3) is 0 Å². The number of nitrogen functional groups attached to an aromatic ring is 1. The third-order valence-corrected chi connectivity index (χ3v) is 3.73. The first-order valence-corrected chi connectivity index (χ1v) is 6.66. The fourth-order valence-electron chi connectivity index (χ4n) is 2.08. The zero-order valence-corrected chi connectivity index (χ0v) is 12.5. The van der Waals surface area contributed by atoms with Crippen molar-refractivity contribution in [3.8, 4) is 11.5 Å². The van der Waals surface area contributed by atoms with Crippen LogP contribution in [0.4, 0.5) is 0 Å². The molecule has 0 heterocycles. The van der Waals surface area contributed by atoms with Crippen molar-refractivity contribution in [2.75, 3.05) is 0 Å². The van der Waals surface area contributed by atoms with E-state index in [4.69, 9.17) is 27.5 Å². The first-order valence-electron chi connectivity index (χ1n) is 6.28. The highest BCUT2D eigenvalue weighted by atomic mass is 35.5. The minimum absolute atomic E-state index is 0.00823. The Morgan fingerprint density at radius 3 is 2.25 bits per heavy atom. The summed E-state index contributed by atoms with van der Waals surface area (Å²) in [6, 6.07) is 9.33. The molecule has 0 amide bonds. The summed E-state index contributed by atoms with van der Waals surface area (Å²) < 4.78 is 5.94. The highest BCUT2D eigenvalue weighted by Gasteiger charge is 2.12. The lowest BCUT2D eigenvalue weighted by molar-refractivity contribution is 0.477. The number of hydrogen-bond donors (Lipinski definition) is 2. The highest BCUT2D eigenvalue weighted by Crippen LogP contribution is 2.32. The largest absolute Gasteiger partial charge is 0.456 e. The van der Waals surface area contributed by atoms with Crippen molar-refractivity contribution in [1.82, 2.24) is 0 Å². The van der Waals surface area contributed by atoms with Crippen LogP contribution >= 0.6 is 11.6 Å². The van der Waals surface area contributed by atoms with Gasteiger partial charge in [0.05, 0.1) is 5.56 Å². The van der Waals surface area contributed by atoms with Crippen LogP contribution in [0.5, 0.6) is 11.5 Å². The standard InChI is InChI=1S/C16H17ClN2O/c1-9-5-4-6-13(16(18)19)15(9)20-12-7-10(2)14(17)11(3)8-12/h4-8H,1-3H3,(H3,18,19). The first kappa shape index (κ1) is 14.4. The number of ether oxygens (including phenoxy) is 1. The van der Waals surface area contributed by atoms with E-state index in [-0.39, 0.29) is 5.84 Å². The zero-order chi connectivity index (χ0) is 14.9. The van der Waals surface area contributed by atoms with E-state index in [1.54, 1.807) is 6.07 Å². The molecule has 0 saturated heterocycles. The van der Waals surface area contributed by atoms with E-state index in [2.05, 4.69) is 0 Å². The maximum Gasteiger partial charge on any atom is 0.141 e. The lowest BCUT2D eigenvalue weighted by Gasteiger charge is -2.14. The Hall–Kier alpha value is -2.00. The SMILES string of the molecule is Cc1cc(Oc2c(C)cccc2C(=N)N)cc(C)c1Cl. The number of para-hydroxylation sites is 1. The van der Waals surface area contributed by atoms with Crippen LogP contribution in [-0.2, 0) is 0 Å². The summed E-state index contributed by atoms with van der Waals surface area (Å²) in [7, 11) is 0. The number of rotatable bonds is 3. The second-order valence-electron chi connectivity index (χ2n) is 4.84. The van der Waals surface area contributed by atoms with Crippen LogP contribution in [0.25, 0.3) is 0 Å². The second kappa shape index (κ2) is 5.55. The summed E-state index contributed by atoms with van der Waals surface area (Å²) >= 11 is 6.16. The first-order chi connectivity index (χ1) is 9.40. The van der Waals surface area contributed by atoms with Crippen LogP contribution in [0.1, 0.15) is 22.3 Å². The Balaban J connectivity index is 2.47. The van der Waals surface area contributed by atoms with E-state index < -0.39 is 0 Å². The van der Waals surface area contributed by atoms with E-state index in [9.17, 15) is 0 Å². The smallest absolute Gasteiger partial charge is 0.141 e. The number of nitrogens with two attached hydrogens (primary N) is 1. The average molecular weight is 289 g/mol. The lowest BCUT2D eigenvalue weighted by Crippen LogP contribution is -2.12. The molecule has 0 unspecified atom stereocenters. The molecule has 2 rings (SSSR count). The van der Waals surface area contributed by atoms with Crippen LogP contribution in [0, 0.1) is 26.2 Å². The van der Waals surface area contributed by atoms with Crippen molar-refractivity contribution in [2.24, 2.45) is 5.73 Å². The molecule has 3 nitrogen and oxygen atoms in total. The van der Waals surface area contributed by atoms with Crippen molar-refractivity contribution in [3.63, 3.8) is 0 Å². The molecule has 0 aliphatic carbocycles. The monoisotopic (exact) mass is 288 g/mol. The molecule has 0 aliphatic heterocycles. The predicted molar refractivity (Wildman–Crippen MR) is 83.2 cm³/mol. The van der Waals surface area contributed by atoms with Gasteiger partial charge in [-0.25, -0.2) is 0 Å². The number of nitrogens with one attached hydrogen (secondary N) is 1. The molecular formula is C16H17ClN2O. The van der Waals surface area contributed by atoms with E-state index in [0.717, 1.165) is 21.7 Å². The molecule has 0 bridgehead atoms. The van der Waals surface area contributed by atoms with Crippen molar-refractivity contribution in [3.05, 3.63) is 57.6 Å². The van der Waals surface area contributed by atoms with E-state index in [1.165, 1.54) is 0 Å². The molecule has 0 spiro atoms. The van der Waals surface area contributed by atoms with Gasteiger partial charge in [-0.05, 0) is 55.7 Å². The summed E-state index contributed by atoms with van der Waals surface area (Å²) in [5, 5.41) is 8.38. The maximum atomic E-state index is 7.63. The molecule has 0 atom stereocenters. The number of benzene rings is 2.